The second-order valence-electron chi connectivity index (χ2n) is 7.76. The Hall–Kier alpha value is -1.88. The van der Waals surface area contributed by atoms with Gasteiger partial charge in [-0.15, -0.1) is 11.8 Å². The molecule has 2 saturated heterocycles. The number of likely N-dealkylation sites (tertiary alicyclic amines) is 1. The number of thioether (sulfide) groups is 1. The summed E-state index contributed by atoms with van der Waals surface area (Å²) < 4.78 is 50.8. The number of carboxylic acids is 1. The van der Waals surface area contributed by atoms with Crippen molar-refractivity contribution < 1.29 is 37.0 Å². The van der Waals surface area contributed by atoms with Crippen molar-refractivity contribution in [2.24, 2.45) is 5.92 Å². The summed E-state index contributed by atoms with van der Waals surface area (Å²) in [6.45, 7) is 2.20. The minimum Gasteiger partial charge on any atom is -0.475 e. The summed E-state index contributed by atoms with van der Waals surface area (Å²) in [6, 6.07) is 3.94. The van der Waals surface area contributed by atoms with Crippen LogP contribution in [0.4, 0.5) is 17.6 Å². The van der Waals surface area contributed by atoms with Gasteiger partial charge in [0.15, 0.2) is 0 Å². The van der Waals surface area contributed by atoms with Crippen LogP contribution in [0.25, 0.3) is 0 Å². The summed E-state index contributed by atoms with van der Waals surface area (Å²) >= 11 is 1.93. The van der Waals surface area contributed by atoms with Crippen molar-refractivity contribution in [2.45, 2.75) is 49.1 Å². The van der Waals surface area contributed by atoms with E-state index in [-0.39, 0.29) is 22.7 Å². The van der Waals surface area contributed by atoms with E-state index in [1.54, 1.807) is 6.20 Å². The Balaban J connectivity index is 0.000000318. The molecule has 1 saturated carbocycles. The lowest BCUT2D eigenvalue weighted by Crippen LogP contribution is -2.62. The van der Waals surface area contributed by atoms with E-state index in [0.717, 1.165) is 30.8 Å². The van der Waals surface area contributed by atoms with E-state index in [0.29, 0.717) is 19.4 Å². The third-order valence-corrected chi connectivity index (χ3v) is 6.90. The molecule has 1 N–H and O–H groups in total. The van der Waals surface area contributed by atoms with E-state index in [1.165, 1.54) is 0 Å². The predicted molar refractivity (Wildman–Crippen MR) is 101 cm³/mol. The first-order chi connectivity index (χ1) is 14.1. The smallest absolute Gasteiger partial charge is 0.475 e. The molecule has 3 fully saturated rings. The van der Waals surface area contributed by atoms with Crippen LogP contribution in [0, 0.1) is 5.92 Å². The normalized spacial score (nSPS) is 26.9. The van der Waals surface area contributed by atoms with E-state index >= 15 is 0 Å². The third-order valence-electron chi connectivity index (χ3n) is 5.33. The van der Waals surface area contributed by atoms with Crippen LogP contribution in [0.2, 0.25) is 0 Å². The number of hydrogen-bond acceptors (Lipinski definition) is 5. The minimum atomic E-state index is -5.08. The number of alkyl halides is 4. The fourth-order valence-corrected chi connectivity index (χ4v) is 5.19. The zero-order valence-corrected chi connectivity index (χ0v) is 16.8. The van der Waals surface area contributed by atoms with Crippen molar-refractivity contribution in [3.8, 4) is 0 Å². The Morgan fingerprint density at radius 2 is 2.00 bits per heavy atom. The Kier molecular flexibility index (Phi) is 6.91. The van der Waals surface area contributed by atoms with Crippen molar-refractivity contribution in [3.63, 3.8) is 0 Å². The summed E-state index contributed by atoms with van der Waals surface area (Å²) in [5.41, 5.74) is 1.09. The van der Waals surface area contributed by atoms with Crippen LogP contribution in [-0.4, -0.2) is 68.9 Å². The molecule has 1 aromatic rings. The molecule has 1 aromatic heterocycles. The molecule has 1 spiro atoms. The maximum absolute atomic E-state index is 12.9. The topological polar surface area (TPSA) is 79.7 Å². The first-order valence-electron chi connectivity index (χ1n) is 9.45. The highest BCUT2D eigenvalue weighted by atomic mass is 32.2. The van der Waals surface area contributed by atoms with E-state index in [2.05, 4.69) is 4.98 Å². The second-order valence-corrected chi connectivity index (χ2v) is 9.24. The third kappa shape index (κ3) is 5.63. The number of amides is 1. The number of nitrogens with zero attached hydrogens (tertiary/aromatic N) is 2. The van der Waals surface area contributed by atoms with Gasteiger partial charge < -0.3 is 14.7 Å². The molecular formula is C19H22F4N2O4S. The van der Waals surface area contributed by atoms with Crippen molar-refractivity contribution in [1.29, 1.82) is 0 Å². The molecule has 0 bridgehead atoms. The molecule has 1 unspecified atom stereocenters. The Bertz CT molecular complexity index is 753. The molecule has 3 aliphatic rings. The number of carbonyl (C=O) groups excluding carboxylic acids is 1. The average molecular weight is 450 g/mol. The zero-order chi connectivity index (χ0) is 21.9. The van der Waals surface area contributed by atoms with Gasteiger partial charge in [-0.3, -0.25) is 9.78 Å². The number of rotatable bonds is 4. The fourth-order valence-electron chi connectivity index (χ4n) is 3.64. The van der Waals surface area contributed by atoms with Crippen LogP contribution in [0.15, 0.2) is 24.5 Å². The van der Waals surface area contributed by atoms with E-state index in [1.807, 2.05) is 35.0 Å². The SMILES string of the molecule is O=C(C1CC(F)C1)N1CC2(CC(OCc3cccnc3)CS2)C1.O=C(O)C(F)(F)F. The molecule has 0 radical (unpaired) electrons. The number of carbonyl (C=O) groups is 2. The minimum absolute atomic E-state index is 0.0635. The van der Waals surface area contributed by atoms with Crippen LogP contribution < -0.4 is 0 Å². The fraction of sp³-hybridized carbons (Fsp3) is 0.632. The Morgan fingerprint density at radius 1 is 1.33 bits per heavy atom. The molecule has 1 amide bonds. The largest absolute Gasteiger partial charge is 0.490 e. The quantitative estimate of drug-likeness (QED) is 0.711. The maximum Gasteiger partial charge on any atom is 0.490 e. The molecular weight excluding hydrogens is 428 g/mol. The molecule has 3 heterocycles. The first-order valence-corrected chi connectivity index (χ1v) is 10.4. The molecule has 6 nitrogen and oxygen atoms in total. The monoisotopic (exact) mass is 450 g/mol. The van der Waals surface area contributed by atoms with Gasteiger partial charge in [0.2, 0.25) is 5.91 Å². The van der Waals surface area contributed by atoms with Gasteiger partial charge >= 0.3 is 12.1 Å². The number of aliphatic carboxylic acids is 1. The summed E-state index contributed by atoms with van der Waals surface area (Å²) in [7, 11) is 0. The lowest BCUT2D eigenvalue weighted by atomic mass is 9.80. The molecule has 2 aliphatic heterocycles. The van der Waals surface area contributed by atoms with Gasteiger partial charge in [-0.25, -0.2) is 9.18 Å². The number of halogens is 4. The van der Waals surface area contributed by atoms with Gasteiger partial charge in [-0.2, -0.15) is 13.2 Å². The summed E-state index contributed by atoms with van der Waals surface area (Å²) in [6.07, 6.45) is -0.159. The van der Waals surface area contributed by atoms with Crippen molar-refractivity contribution in [1.82, 2.24) is 9.88 Å². The molecule has 1 atom stereocenters. The van der Waals surface area contributed by atoms with Gasteiger partial charge in [0.05, 0.1) is 17.5 Å². The highest BCUT2D eigenvalue weighted by molar-refractivity contribution is 8.01. The summed E-state index contributed by atoms with van der Waals surface area (Å²) in [4.78, 5) is 27.1. The first kappa shape index (κ1) is 22.8. The van der Waals surface area contributed by atoms with E-state index < -0.39 is 18.3 Å². The Morgan fingerprint density at radius 3 is 2.53 bits per heavy atom. The average Bonchev–Trinajstić information content (AvgIpc) is 3.07. The number of ether oxygens (including phenoxy) is 1. The van der Waals surface area contributed by atoms with Crippen molar-refractivity contribution in [3.05, 3.63) is 30.1 Å². The number of carboxylic acid groups (broad SMARTS) is 1. The zero-order valence-electron chi connectivity index (χ0n) is 16.0. The molecule has 30 heavy (non-hydrogen) atoms. The second kappa shape index (κ2) is 9.09. The standard InChI is InChI=1S/C17H21FN2O2S.C2HF3O2/c18-14-4-13(5-14)16(21)20-10-17(11-20)6-15(9-23-17)22-8-12-2-1-3-19-7-12;3-2(4,5)1(6)7/h1-3,7,13-15H,4-6,8-11H2;(H,6,7). The van der Waals surface area contributed by atoms with Gasteiger partial charge in [0.25, 0.3) is 0 Å². The predicted octanol–water partition coefficient (Wildman–Crippen LogP) is 3.07. The lowest BCUT2D eigenvalue weighted by molar-refractivity contribution is -0.192. The van der Waals surface area contributed by atoms with Crippen LogP contribution in [0.5, 0.6) is 0 Å². The maximum atomic E-state index is 12.9. The number of hydrogen-bond donors (Lipinski definition) is 1. The lowest BCUT2D eigenvalue weighted by Gasteiger charge is -2.49. The van der Waals surface area contributed by atoms with Crippen LogP contribution in [-0.2, 0) is 20.9 Å². The van der Waals surface area contributed by atoms with Gasteiger partial charge in [-0.05, 0) is 30.9 Å². The van der Waals surface area contributed by atoms with Gasteiger partial charge in [0, 0.05) is 37.2 Å². The van der Waals surface area contributed by atoms with Crippen LogP contribution >= 0.6 is 11.8 Å². The van der Waals surface area contributed by atoms with Gasteiger partial charge in [0.1, 0.15) is 6.17 Å². The highest BCUT2D eigenvalue weighted by Crippen LogP contribution is 2.47. The summed E-state index contributed by atoms with van der Waals surface area (Å²) in [5, 5.41) is 7.12. The van der Waals surface area contributed by atoms with E-state index in [9.17, 15) is 22.4 Å². The Labute approximate surface area is 175 Å². The molecule has 166 valence electrons. The van der Waals surface area contributed by atoms with E-state index in [4.69, 9.17) is 14.6 Å². The molecule has 4 rings (SSSR count). The molecule has 0 aromatic carbocycles. The van der Waals surface area contributed by atoms with Gasteiger partial charge in [-0.1, -0.05) is 6.07 Å². The van der Waals surface area contributed by atoms with Crippen LogP contribution in [0.3, 0.4) is 0 Å². The van der Waals surface area contributed by atoms with Crippen molar-refractivity contribution in [2.75, 3.05) is 18.8 Å². The number of aromatic nitrogens is 1. The number of pyridine rings is 1. The molecule has 1 aliphatic carbocycles. The highest BCUT2D eigenvalue weighted by Gasteiger charge is 2.52. The molecule has 11 heteroatoms. The van der Waals surface area contributed by atoms with Crippen LogP contribution in [0.1, 0.15) is 24.8 Å². The van der Waals surface area contributed by atoms with Crippen molar-refractivity contribution >= 4 is 23.6 Å². The summed E-state index contributed by atoms with van der Waals surface area (Å²) in [5.74, 6) is -1.68.